The predicted molar refractivity (Wildman–Crippen MR) is 115 cm³/mol. The lowest BCUT2D eigenvalue weighted by Crippen LogP contribution is -2.29. The lowest BCUT2D eigenvalue weighted by Gasteiger charge is -2.22. The van der Waals surface area contributed by atoms with Gasteiger partial charge in [-0.05, 0) is 35.1 Å². The monoisotopic (exact) mass is 398 g/mol. The molecule has 4 nitrogen and oxygen atoms in total. The minimum absolute atomic E-state index is 0.0746. The summed E-state index contributed by atoms with van der Waals surface area (Å²) in [6.45, 7) is 8.82. The van der Waals surface area contributed by atoms with Crippen LogP contribution in [0.15, 0.2) is 42.5 Å². The maximum atomic E-state index is 13.0. The molecule has 2 aromatic rings. The van der Waals surface area contributed by atoms with Crippen molar-refractivity contribution in [1.82, 2.24) is 0 Å². The molecule has 1 saturated heterocycles. The van der Waals surface area contributed by atoms with Gasteiger partial charge in [0.25, 0.3) is 0 Å². The Balaban J connectivity index is 1.83. The molecular weight excluding hydrogens is 372 g/mol. The van der Waals surface area contributed by atoms with E-state index in [0.717, 1.165) is 16.8 Å². The molecule has 0 spiro atoms. The van der Waals surface area contributed by atoms with Crippen LogP contribution in [0.2, 0.25) is 5.02 Å². The van der Waals surface area contributed by atoms with Gasteiger partial charge in [-0.25, -0.2) is 0 Å². The van der Waals surface area contributed by atoms with Crippen molar-refractivity contribution < 1.29 is 9.59 Å². The van der Waals surface area contributed by atoms with Gasteiger partial charge in [0, 0.05) is 18.7 Å². The Hall–Kier alpha value is -2.33. The SMILES string of the molecule is CC(C)c1cccc(C(C)C)c1NC(=O)[C@H]1CC(=O)N(c2ccccc2Cl)C1. The highest BCUT2D eigenvalue weighted by molar-refractivity contribution is 6.33. The summed E-state index contributed by atoms with van der Waals surface area (Å²) in [5.74, 6) is -0.00551. The summed E-state index contributed by atoms with van der Waals surface area (Å²) < 4.78 is 0. The molecule has 1 N–H and O–H groups in total. The molecular formula is C23H27ClN2O2. The zero-order valence-corrected chi connectivity index (χ0v) is 17.6. The van der Waals surface area contributed by atoms with Crippen molar-refractivity contribution in [1.29, 1.82) is 0 Å². The molecule has 0 saturated carbocycles. The summed E-state index contributed by atoms with van der Waals surface area (Å²) in [6.07, 6.45) is 0.192. The lowest BCUT2D eigenvalue weighted by molar-refractivity contribution is -0.122. The number of nitrogens with one attached hydrogen (secondary N) is 1. The topological polar surface area (TPSA) is 49.4 Å². The first-order chi connectivity index (χ1) is 13.3. The standard InChI is InChI=1S/C23H27ClN2O2/c1-14(2)17-8-7-9-18(15(3)4)22(17)25-23(28)16-12-21(27)26(13-16)20-11-6-5-10-19(20)24/h5-11,14-16H,12-13H2,1-4H3,(H,25,28)/t16-/m0/s1. The summed E-state index contributed by atoms with van der Waals surface area (Å²) >= 11 is 6.24. The largest absolute Gasteiger partial charge is 0.325 e. The van der Waals surface area contributed by atoms with Gasteiger partial charge in [-0.3, -0.25) is 9.59 Å². The second-order valence-electron chi connectivity index (χ2n) is 7.97. The van der Waals surface area contributed by atoms with E-state index in [-0.39, 0.29) is 18.2 Å². The number of amides is 2. The molecule has 0 aliphatic carbocycles. The molecule has 1 aliphatic heterocycles. The third-order valence-electron chi connectivity index (χ3n) is 5.26. The molecule has 148 valence electrons. The van der Waals surface area contributed by atoms with E-state index in [1.54, 1.807) is 11.0 Å². The van der Waals surface area contributed by atoms with Crippen LogP contribution in [0.5, 0.6) is 0 Å². The van der Waals surface area contributed by atoms with E-state index in [9.17, 15) is 9.59 Å². The third-order valence-corrected chi connectivity index (χ3v) is 5.58. The quantitative estimate of drug-likeness (QED) is 0.714. The molecule has 1 fully saturated rings. The number of hydrogen-bond acceptors (Lipinski definition) is 2. The number of para-hydroxylation sites is 2. The van der Waals surface area contributed by atoms with Gasteiger partial charge in [0.2, 0.25) is 11.8 Å². The van der Waals surface area contributed by atoms with Gasteiger partial charge < -0.3 is 10.2 Å². The van der Waals surface area contributed by atoms with Gasteiger partial charge >= 0.3 is 0 Å². The van der Waals surface area contributed by atoms with Crippen LogP contribution in [0.25, 0.3) is 0 Å². The second-order valence-corrected chi connectivity index (χ2v) is 8.37. The molecule has 1 aliphatic rings. The van der Waals surface area contributed by atoms with Crippen molar-refractivity contribution in [3.8, 4) is 0 Å². The fourth-order valence-corrected chi connectivity index (χ4v) is 3.95. The van der Waals surface area contributed by atoms with Crippen LogP contribution in [-0.4, -0.2) is 18.4 Å². The number of rotatable bonds is 5. The van der Waals surface area contributed by atoms with Gasteiger partial charge in [0.05, 0.1) is 16.6 Å². The number of carbonyl (C=O) groups excluding carboxylic acids is 2. The summed E-state index contributed by atoms with van der Waals surface area (Å²) in [5.41, 5.74) is 3.79. The van der Waals surface area contributed by atoms with Crippen molar-refractivity contribution in [3.63, 3.8) is 0 Å². The summed E-state index contributed by atoms with van der Waals surface area (Å²) in [4.78, 5) is 27.2. The van der Waals surface area contributed by atoms with Crippen molar-refractivity contribution in [3.05, 3.63) is 58.6 Å². The van der Waals surface area contributed by atoms with Crippen LogP contribution in [0, 0.1) is 5.92 Å². The number of halogens is 1. The van der Waals surface area contributed by atoms with Gasteiger partial charge in [-0.2, -0.15) is 0 Å². The first-order valence-electron chi connectivity index (χ1n) is 9.78. The maximum absolute atomic E-state index is 13.0. The molecule has 0 unspecified atom stereocenters. The summed E-state index contributed by atoms with van der Waals surface area (Å²) in [6, 6.07) is 13.4. The molecule has 0 radical (unpaired) electrons. The van der Waals surface area contributed by atoms with Crippen LogP contribution in [0.3, 0.4) is 0 Å². The van der Waals surface area contributed by atoms with Gasteiger partial charge in [0.1, 0.15) is 0 Å². The number of hydrogen-bond donors (Lipinski definition) is 1. The number of carbonyl (C=O) groups is 2. The van der Waals surface area contributed by atoms with Crippen molar-refractivity contribution in [2.45, 2.75) is 46.0 Å². The molecule has 28 heavy (non-hydrogen) atoms. The highest BCUT2D eigenvalue weighted by Crippen LogP contribution is 2.35. The van der Waals surface area contributed by atoms with Crippen molar-refractivity contribution in [2.24, 2.45) is 5.92 Å². The zero-order chi connectivity index (χ0) is 20.4. The number of nitrogens with zero attached hydrogens (tertiary/aromatic N) is 1. The first kappa shape index (κ1) is 20.4. The van der Waals surface area contributed by atoms with Gasteiger partial charge in [0.15, 0.2) is 0 Å². The fourth-order valence-electron chi connectivity index (χ4n) is 3.71. The molecule has 0 bridgehead atoms. The summed E-state index contributed by atoms with van der Waals surface area (Å²) in [7, 11) is 0. The summed E-state index contributed by atoms with van der Waals surface area (Å²) in [5, 5.41) is 3.66. The van der Waals surface area contributed by atoms with Crippen molar-refractivity contribution in [2.75, 3.05) is 16.8 Å². The van der Waals surface area contributed by atoms with Crippen LogP contribution in [0.1, 0.15) is 57.1 Å². The second kappa shape index (κ2) is 8.36. The third kappa shape index (κ3) is 4.07. The van der Waals surface area contributed by atoms with E-state index in [4.69, 9.17) is 11.6 Å². The van der Waals surface area contributed by atoms with E-state index >= 15 is 0 Å². The Morgan fingerprint density at radius 3 is 2.21 bits per heavy atom. The molecule has 0 aromatic heterocycles. The van der Waals surface area contributed by atoms with Crippen LogP contribution >= 0.6 is 11.6 Å². The Kier molecular flexibility index (Phi) is 6.09. The van der Waals surface area contributed by atoms with E-state index in [1.807, 2.05) is 24.3 Å². The zero-order valence-electron chi connectivity index (χ0n) is 16.8. The molecule has 2 amide bonds. The maximum Gasteiger partial charge on any atom is 0.229 e. The van der Waals surface area contributed by atoms with Crippen LogP contribution < -0.4 is 10.2 Å². The average Bonchev–Trinajstić information content (AvgIpc) is 3.03. The smallest absolute Gasteiger partial charge is 0.229 e. The normalized spacial score (nSPS) is 16.9. The highest BCUT2D eigenvalue weighted by Gasteiger charge is 2.36. The molecule has 1 heterocycles. The molecule has 3 rings (SSSR count). The predicted octanol–water partition coefficient (Wildman–Crippen LogP) is 5.58. The minimum atomic E-state index is -0.399. The molecule has 1 atom stereocenters. The Morgan fingerprint density at radius 1 is 1.04 bits per heavy atom. The van der Waals surface area contributed by atoms with Crippen LogP contribution in [-0.2, 0) is 9.59 Å². The van der Waals surface area contributed by atoms with Crippen molar-refractivity contribution >= 4 is 34.8 Å². The van der Waals surface area contributed by atoms with E-state index in [2.05, 4.69) is 45.1 Å². The number of benzene rings is 2. The number of anilines is 2. The Bertz CT molecular complexity index is 866. The van der Waals surface area contributed by atoms with Gasteiger partial charge in [-0.1, -0.05) is 69.6 Å². The molecule has 5 heteroatoms. The Morgan fingerprint density at radius 2 is 1.64 bits per heavy atom. The highest BCUT2D eigenvalue weighted by atomic mass is 35.5. The van der Waals surface area contributed by atoms with E-state index in [0.29, 0.717) is 29.1 Å². The fraction of sp³-hybridized carbons (Fsp3) is 0.391. The lowest BCUT2D eigenvalue weighted by atomic mass is 9.92. The Labute approximate surface area is 171 Å². The first-order valence-corrected chi connectivity index (χ1v) is 10.2. The van der Waals surface area contributed by atoms with Crippen LogP contribution in [0.4, 0.5) is 11.4 Å². The van der Waals surface area contributed by atoms with E-state index in [1.165, 1.54) is 0 Å². The minimum Gasteiger partial charge on any atom is -0.325 e. The average molecular weight is 399 g/mol. The van der Waals surface area contributed by atoms with E-state index < -0.39 is 5.92 Å². The molecule has 2 aromatic carbocycles. The van der Waals surface area contributed by atoms with Gasteiger partial charge in [-0.15, -0.1) is 0 Å².